The molecular weight excluding hydrogens is 540 g/mol. The quantitative estimate of drug-likeness (QED) is 0.222. The monoisotopic (exact) mass is 574 g/mol. The summed E-state index contributed by atoms with van der Waals surface area (Å²) in [6, 6.07) is 23.3. The van der Waals surface area contributed by atoms with Gasteiger partial charge in [-0.15, -0.1) is 10.2 Å². The molecule has 0 radical (unpaired) electrons. The van der Waals surface area contributed by atoms with Gasteiger partial charge in [0.25, 0.3) is 0 Å². The number of rotatable bonds is 14. The molecule has 0 spiro atoms. The summed E-state index contributed by atoms with van der Waals surface area (Å²) in [5.74, 6) is 0.824. The molecule has 41 heavy (non-hydrogen) atoms. The van der Waals surface area contributed by atoms with E-state index < -0.39 is 0 Å². The molecule has 0 atom stereocenters. The molecule has 0 fully saturated rings. The topological polar surface area (TPSA) is 103 Å². The van der Waals surface area contributed by atoms with Gasteiger partial charge in [0.15, 0.2) is 11.5 Å². The van der Waals surface area contributed by atoms with E-state index in [1.807, 2.05) is 79.7 Å². The standard InChI is InChI=1S/C31H34N4O5S/c1-22-9-12-25(13-10-22)30-33-34-31(41-30)32-28(36)16-18-35(29(37)21-40-20-24-7-5-4-6-8-24)17-15-23-11-14-26(38-2)27(19-23)39-3/h4-14,19H,15-18,20-21H2,1-3H3,(H,32,34,36). The van der Waals surface area contributed by atoms with E-state index in [0.717, 1.165) is 27.3 Å². The molecule has 10 heteroatoms. The number of aromatic nitrogens is 2. The smallest absolute Gasteiger partial charge is 0.248 e. The van der Waals surface area contributed by atoms with Crippen LogP contribution in [-0.2, 0) is 27.4 Å². The summed E-state index contributed by atoms with van der Waals surface area (Å²) in [5, 5.41) is 12.3. The van der Waals surface area contributed by atoms with Crippen LogP contribution in [0.4, 0.5) is 5.13 Å². The van der Waals surface area contributed by atoms with Gasteiger partial charge in [-0.1, -0.05) is 77.6 Å². The van der Waals surface area contributed by atoms with Crippen LogP contribution < -0.4 is 14.8 Å². The molecule has 4 aromatic rings. The number of hydrogen-bond donors (Lipinski definition) is 1. The molecule has 0 aliphatic rings. The normalized spacial score (nSPS) is 10.7. The average Bonchev–Trinajstić information content (AvgIpc) is 3.46. The Kier molecular flexibility index (Phi) is 10.8. The Balaban J connectivity index is 1.35. The maximum absolute atomic E-state index is 13.1. The third-order valence-electron chi connectivity index (χ3n) is 6.39. The molecule has 4 rings (SSSR count). The number of nitrogens with zero attached hydrogens (tertiary/aromatic N) is 3. The molecule has 0 aliphatic heterocycles. The summed E-state index contributed by atoms with van der Waals surface area (Å²) in [6.45, 7) is 2.91. The molecule has 1 N–H and O–H groups in total. The van der Waals surface area contributed by atoms with Gasteiger partial charge in [0, 0.05) is 25.1 Å². The van der Waals surface area contributed by atoms with E-state index in [-0.39, 0.29) is 31.4 Å². The maximum atomic E-state index is 13.1. The fraction of sp³-hybridized carbons (Fsp3) is 0.290. The number of ether oxygens (including phenoxy) is 3. The van der Waals surface area contributed by atoms with Gasteiger partial charge < -0.3 is 24.4 Å². The van der Waals surface area contributed by atoms with Gasteiger partial charge in [0.2, 0.25) is 16.9 Å². The second-order valence-corrected chi connectivity index (χ2v) is 10.4. The van der Waals surface area contributed by atoms with Crippen LogP contribution in [0.15, 0.2) is 72.8 Å². The number of anilines is 1. The zero-order valence-electron chi connectivity index (χ0n) is 23.5. The van der Waals surface area contributed by atoms with Crippen molar-refractivity contribution in [2.24, 2.45) is 0 Å². The van der Waals surface area contributed by atoms with Gasteiger partial charge in [-0.3, -0.25) is 9.59 Å². The highest BCUT2D eigenvalue weighted by molar-refractivity contribution is 7.18. The third kappa shape index (κ3) is 8.86. The van der Waals surface area contributed by atoms with E-state index in [9.17, 15) is 9.59 Å². The van der Waals surface area contributed by atoms with Crippen LogP contribution >= 0.6 is 11.3 Å². The van der Waals surface area contributed by atoms with Crippen molar-refractivity contribution in [1.82, 2.24) is 15.1 Å². The molecule has 0 saturated carbocycles. The van der Waals surface area contributed by atoms with Crippen molar-refractivity contribution < 1.29 is 23.8 Å². The second-order valence-electron chi connectivity index (χ2n) is 9.38. The van der Waals surface area contributed by atoms with Crippen molar-refractivity contribution >= 4 is 28.3 Å². The van der Waals surface area contributed by atoms with Crippen molar-refractivity contribution in [2.45, 2.75) is 26.4 Å². The van der Waals surface area contributed by atoms with Crippen molar-refractivity contribution in [2.75, 3.05) is 39.2 Å². The Labute approximate surface area is 244 Å². The van der Waals surface area contributed by atoms with Gasteiger partial charge in [0.05, 0.1) is 20.8 Å². The Morgan fingerprint density at radius 2 is 1.63 bits per heavy atom. The minimum atomic E-state index is -0.245. The number of aryl methyl sites for hydroxylation is 1. The predicted molar refractivity (Wildman–Crippen MR) is 159 cm³/mol. The molecular formula is C31H34N4O5S. The van der Waals surface area contributed by atoms with Crippen LogP contribution in [0, 0.1) is 6.92 Å². The lowest BCUT2D eigenvalue weighted by molar-refractivity contribution is -0.136. The zero-order valence-corrected chi connectivity index (χ0v) is 24.3. The maximum Gasteiger partial charge on any atom is 0.248 e. The van der Waals surface area contributed by atoms with Crippen LogP contribution in [0.5, 0.6) is 11.5 Å². The highest BCUT2D eigenvalue weighted by Gasteiger charge is 2.17. The van der Waals surface area contributed by atoms with E-state index in [1.54, 1.807) is 19.1 Å². The van der Waals surface area contributed by atoms with Crippen LogP contribution in [0.25, 0.3) is 10.6 Å². The highest BCUT2D eigenvalue weighted by atomic mass is 32.1. The first kappa shape index (κ1) is 29.7. The molecule has 0 saturated heterocycles. The second kappa shape index (κ2) is 14.9. The van der Waals surface area contributed by atoms with Crippen molar-refractivity contribution in [3.05, 3.63) is 89.5 Å². The van der Waals surface area contributed by atoms with E-state index in [1.165, 1.54) is 11.3 Å². The summed E-state index contributed by atoms with van der Waals surface area (Å²) in [7, 11) is 3.17. The van der Waals surface area contributed by atoms with Gasteiger partial charge in [-0.25, -0.2) is 0 Å². The molecule has 1 aromatic heterocycles. The minimum absolute atomic E-state index is 0.0846. The molecule has 0 bridgehead atoms. The van der Waals surface area contributed by atoms with Gasteiger partial charge >= 0.3 is 0 Å². The van der Waals surface area contributed by atoms with E-state index in [2.05, 4.69) is 15.5 Å². The SMILES string of the molecule is COc1ccc(CCN(CCC(=O)Nc2nnc(-c3ccc(C)cc3)s2)C(=O)COCc2ccccc2)cc1OC. The lowest BCUT2D eigenvalue weighted by atomic mass is 10.1. The lowest BCUT2D eigenvalue weighted by Gasteiger charge is -2.23. The zero-order chi connectivity index (χ0) is 29.0. The van der Waals surface area contributed by atoms with Crippen molar-refractivity contribution in [1.29, 1.82) is 0 Å². The fourth-order valence-corrected chi connectivity index (χ4v) is 4.85. The number of carbonyl (C=O) groups excluding carboxylic acids is 2. The van der Waals surface area contributed by atoms with E-state index in [4.69, 9.17) is 14.2 Å². The Morgan fingerprint density at radius 3 is 2.37 bits per heavy atom. The van der Waals surface area contributed by atoms with Gasteiger partial charge in [-0.2, -0.15) is 0 Å². The summed E-state index contributed by atoms with van der Waals surface area (Å²) < 4.78 is 16.4. The number of hydrogen-bond acceptors (Lipinski definition) is 8. The van der Waals surface area contributed by atoms with Gasteiger partial charge in [0.1, 0.15) is 11.6 Å². The van der Waals surface area contributed by atoms with E-state index >= 15 is 0 Å². The first-order chi connectivity index (χ1) is 19.9. The summed E-state index contributed by atoms with van der Waals surface area (Å²) in [5.41, 5.74) is 4.06. The van der Waals surface area contributed by atoms with Gasteiger partial charge in [-0.05, 0) is 36.6 Å². The molecule has 2 amide bonds. The number of benzene rings is 3. The van der Waals surface area contributed by atoms with Crippen LogP contribution in [0.2, 0.25) is 0 Å². The van der Waals surface area contributed by atoms with Crippen molar-refractivity contribution in [3.63, 3.8) is 0 Å². The van der Waals surface area contributed by atoms with Crippen LogP contribution in [-0.4, -0.2) is 60.8 Å². The molecule has 9 nitrogen and oxygen atoms in total. The third-order valence-corrected chi connectivity index (χ3v) is 7.27. The van der Waals surface area contributed by atoms with E-state index in [0.29, 0.717) is 36.2 Å². The fourth-order valence-electron chi connectivity index (χ4n) is 4.09. The highest BCUT2D eigenvalue weighted by Crippen LogP contribution is 2.28. The summed E-state index contributed by atoms with van der Waals surface area (Å²) in [6.07, 6.45) is 0.679. The number of nitrogens with one attached hydrogen (secondary N) is 1. The molecule has 1 heterocycles. The first-order valence-corrected chi connectivity index (χ1v) is 14.1. The Hall–Kier alpha value is -4.28. The first-order valence-electron chi connectivity index (χ1n) is 13.3. The summed E-state index contributed by atoms with van der Waals surface area (Å²) in [4.78, 5) is 27.6. The van der Waals surface area contributed by atoms with Crippen molar-refractivity contribution in [3.8, 4) is 22.1 Å². The predicted octanol–water partition coefficient (Wildman–Crippen LogP) is 5.15. The Morgan fingerprint density at radius 1 is 0.878 bits per heavy atom. The number of carbonyl (C=O) groups is 2. The Bertz CT molecular complexity index is 1430. The minimum Gasteiger partial charge on any atom is -0.493 e. The lowest BCUT2D eigenvalue weighted by Crippen LogP contribution is -2.37. The molecule has 0 aliphatic carbocycles. The largest absolute Gasteiger partial charge is 0.493 e. The van der Waals surface area contributed by atoms with Crippen LogP contribution in [0.1, 0.15) is 23.1 Å². The molecule has 3 aromatic carbocycles. The molecule has 0 unspecified atom stereocenters. The number of methoxy groups -OCH3 is 2. The number of amides is 2. The molecule has 214 valence electrons. The summed E-state index contributed by atoms with van der Waals surface area (Å²) >= 11 is 1.31. The average molecular weight is 575 g/mol. The van der Waals surface area contributed by atoms with Crippen LogP contribution in [0.3, 0.4) is 0 Å².